The van der Waals surface area contributed by atoms with Crippen molar-refractivity contribution in [3.05, 3.63) is 95.6 Å². The number of carbonyl (C=O) groups excluding carboxylic acids is 2. The number of halogens is 1. The van der Waals surface area contributed by atoms with Gasteiger partial charge in [-0.3, -0.25) is 14.2 Å². The zero-order chi connectivity index (χ0) is 25.6. The quantitative estimate of drug-likeness (QED) is 0.378. The monoisotopic (exact) mass is 523 g/mol. The molecule has 0 fully saturated rings. The van der Waals surface area contributed by atoms with Crippen molar-refractivity contribution < 1.29 is 19.1 Å². The van der Waals surface area contributed by atoms with E-state index in [-0.39, 0.29) is 29.2 Å². The summed E-state index contributed by atoms with van der Waals surface area (Å²) in [6.45, 7) is 1.97. The normalized spacial score (nSPS) is 18.2. The number of rotatable bonds is 5. The zero-order valence-corrected chi connectivity index (χ0v) is 21.4. The van der Waals surface area contributed by atoms with Crippen molar-refractivity contribution in [1.29, 1.82) is 0 Å². The van der Waals surface area contributed by atoms with Crippen LogP contribution in [-0.2, 0) is 19.1 Å². The molecule has 36 heavy (non-hydrogen) atoms. The zero-order valence-electron chi connectivity index (χ0n) is 19.8. The minimum Gasteiger partial charge on any atom is -0.460 e. The molecule has 2 aliphatic rings. The molecule has 3 aromatic rings. The number of amides is 1. The van der Waals surface area contributed by atoms with Gasteiger partial charge in [-0.05, 0) is 24.6 Å². The van der Waals surface area contributed by atoms with Crippen LogP contribution in [0.4, 0.5) is 5.69 Å². The molecule has 0 aliphatic carbocycles. The lowest BCUT2D eigenvalue weighted by molar-refractivity contribution is -0.140. The fourth-order valence-corrected chi connectivity index (χ4v) is 5.88. The number of nitrogens with zero attached hydrogens (tertiary/aromatic N) is 3. The van der Waals surface area contributed by atoms with E-state index in [0.29, 0.717) is 32.2 Å². The fourth-order valence-electron chi connectivity index (χ4n) is 4.51. The van der Waals surface area contributed by atoms with E-state index in [2.05, 4.69) is 4.99 Å². The SMILES string of the molecule is COCCOC(=O)C1=C(C)N=c2s/c(=C3\C(=O)N(C)c4ccccc43)c(=O)n2[C@@H]1c1ccccc1Cl. The van der Waals surface area contributed by atoms with Crippen molar-refractivity contribution in [3.8, 4) is 0 Å². The van der Waals surface area contributed by atoms with E-state index in [9.17, 15) is 14.4 Å². The Kier molecular flexibility index (Phi) is 6.38. The lowest BCUT2D eigenvalue weighted by atomic mass is 9.96. The molecule has 0 N–H and O–H groups in total. The number of aromatic nitrogens is 1. The van der Waals surface area contributed by atoms with Crippen LogP contribution in [-0.4, -0.2) is 43.8 Å². The first-order valence-corrected chi connectivity index (χ1v) is 12.4. The number of thiazole rings is 1. The average molecular weight is 524 g/mol. The van der Waals surface area contributed by atoms with E-state index in [1.54, 1.807) is 38.2 Å². The number of ether oxygens (including phenoxy) is 2. The Labute approximate surface area is 215 Å². The molecule has 5 rings (SSSR count). The minimum atomic E-state index is -0.871. The van der Waals surface area contributed by atoms with Crippen molar-refractivity contribution in [2.75, 3.05) is 32.3 Å². The molecule has 3 heterocycles. The van der Waals surface area contributed by atoms with E-state index in [1.165, 1.54) is 16.6 Å². The highest BCUT2D eigenvalue weighted by Gasteiger charge is 2.37. The van der Waals surface area contributed by atoms with E-state index in [4.69, 9.17) is 21.1 Å². The van der Waals surface area contributed by atoms with Crippen LogP contribution >= 0.6 is 22.9 Å². The number of likely N-dealkylation sites (N-methyl/N-ethyl adjacent to an activating group) is 1. The van der Waals surface area contributed by atoms with Gasteiger partial charge in [-0.15, -0.1) is 0 Å². The van der Waals surface area contributed by atoms with E-state index < -0.39 is 17.6 Å². The maximum atomic E-state index is 14.0. The van der Waals surface area contributed by atoms with Crippen molar-refractivity contribution >= 4 is 46.1 Å². The molecule has 0 saturated carbocycles. The summed E-state index contributed by atoms with van der Waals surface area (Å²) in [4.78, 5) is 46.9. The van der Waals surface area contributed by atoms with Crippen molar-refractivity contribution in [2.45, 2.75) is 13.0 Å². The molecule has 8 nitrogen and oxygen atoms in total. The first-order valence-electron chi connectivity index (χ1n) is 11.2. The van der Waals surface area contributed by atoms with Gasteiger partial charge in [0.05, 0.1) is 29.1 Å². The third-order valence-corrected chi connectivity index (χ3v) is 7.62. The van der Waals surface area contributed by atoms with Crippen LogP contribution in [0.1, 0.15) is 24.1 Å². The second-order valence-corrected chi connectivity index (χ2v) is 9.69. The van der Waals surface area contributed by atoms with Gasteiger partial charge >= 0.3 is 5.97 Å². The highest BCUT2D eigenvalue weighted by atomic mass is 35.5. The Morgan fingerprint density at radius 2 is 1.83 bits per heavy atom. The van der Waals surface area contributed by atoms with E-state index in [0.717, 1.165) is 17.0 Å². The largest absolute Gasteiger partial charge is 0.460 e. The molecule has 0 spiro atoms. The van der Waals surface area contributed by atoms with Gasteiger partial charge in [-0.1, -0.05) is 59.3 Å². The highest BCUT2D eigenvalue weighted by molar-refractivity contribution is 7.07. The van der Waals surface area contributed by atoms with Crippen LogP contribution < -0.4 is 19.8 Å². The standard InChI is InChI=1S/C26H22ClN3O5S/c1-14-19(25(33)35-13-12-34-3)21(15-8-4-6-10-17(15)27)30-24(32)22(36-26(30)28-14)20-16-9-5-7-11-18(16)29(2)23(20)31/h4-11,21H,12-13H2,1-3H3/b22-20-/t21-/m1/s1. The van der Waals surface area contributed by atoms with Gasteiger partial charge in [-0.25, -0.2) is 9.79 Å². The molecule has 0 bridgehead atoms. The number of hydrogen-bond donors (Lipinski definition) is 0. The predicted octanol–water partition coefficient (Wildman–Crippen LogP) is 2.42. The van der Waals surface area contributed by atoms with E-state index in [1.807, 2.05) is 24.3 Å². The molecule has 1 amide bonds. The third-order valence-electron chi connectivity index (χ3n) is 6.22. The number of benzene rings is 2. The summed E-state index contributed by atoms with van der Waals surface area (Å²) < 4.78 is 12.1. The summed E-state index contributed by atoms with van der Waals surface area (Å²) in [7, 11) is 3.19. The molecule has 1 atom stereocenters. The molecule has 184 valence electrons. The third kappa shape index (κ3) is 3.80. The number of anilines is 1. The maximum Gasteiger partial charge on any atom is 0.338 e. The second-order valence-electron chi connectivity index (χ2n) is 8.31. The fraction of sp³-hybridized carbons (Fsp3) is 0.231. The molecular formula is C26H22ClN3O5S. The first-order chi connectivity index (χ1) is 17.3. The summed E-state index contributed by atoms with van der Waals surface area (Å²) in [5.74, 6) is -0.885. The van der Waals surface area contributed by atoms with Gasteiger partial charge in [-0.2, -0.15) is 0 Å². The predicted molar refractivity (Wildman–Crippen MR) is 137 cm³/mol. The number of allylic oxidation sites excluding steroid dienone is 1. The lowest BCUT2D eigenvalue weighted by Crippen LogP contribution is -2.41. The average Bonchev–Trinajstić information content (AvgIpc) is 3.31. The number of carbonyl (C=O) groups is 2. The minimum absolute atomic E-state index is 0.0492. The molecule has 2 aliphatic heterocycles. The van der Waals surface area contributed by atoms with Gasteiger partial charge in [0, 0.05) is 24.7 Å². The van der Waals surface area contributed by atoms with Gasteiger partial charge in [0.25, 0.3) is 11.5 Å². The van der Waals surface area contributed by atoms with Crippen LogP contribution in [0.5, 0.6) is 0 Å². The Bertz CT molecular complexity index is 1620. The van der Waals surface area contributed by atoms with Gasteiger partial charge < -0.3 is 14.4 Å². The first kappa shape index (κ1) is 24.2. The summed E-state index contributed by atoms with van der Waals surface area (Å²) in [5, 5.41) is 0.389. The molecule has 1 aromatic heterocycles. The van der Waals surface area contributed by atoms with Crippen molar-refractivity contribution in [2.24, 2.45) is 4.99 Å². The molecule has 2 aromatic carbocycles. The molecule has 0 radical (unpaired) electrons. The number of para-hydroxylation sites is 1. The smallest absolute Gasteiger partial charge is 0.338 e. The van der Waals surface area contributed by atoms with Crippen LogP contribution in [0.3, 0.4) is 0 Å². The Balaban J connectivity index is 1.78. The number of methoxy groups -OCH3 is 1. The number of hydrogen-bond acceptors (Lipinski definition) is 7. The molecule has 10 heteroatoms. The summed E-state index contributed by atoms with van der Waals surface area (Å²) in [6, 6.07) is 13.5. The van der Waals surface area contributed by atoms with Gasteiger partial charge in [0.1, 0.15) is 17.2 Å². The van der Waals surface area contributed by atoms with Crippen LogP contribution in [0.2, 0.25) is 5.02 Å². The topological polar surface area (TPSA) is 90.2 Å². The highest BCUT2D eigenvalue weighted by Crippen LogP contribution is 2.36. The summed E-state index contributed by atoms with van der Waals surface area (Å²) in [5.41, 5.74) is 2.48. The Morgan fingerprint density at radius 3 is 2.58 bits per heavy atom. The molecular weight excluding hydrogens is 502 g/mol. The van der Waals surface area contributed by atoms with Crippen molar-refractivity contribution in [3.63, 3.8) is 0 Å². The van der Waals surface area contributed by atoms with Gasteiger partial charge in [0.2, 0.25) is 0 Å². The maximum absolute atomic E-state index is 14.0. The Morgan fingerprint density at radius 1 is 1.11 bits per heavy atom. The van der Waals surface area contributed by atoms with Crippen LogP contribution in [0.25, 0.3) is 5.57 Å². The summed E-state index contributed by atoms with van der Waals surface area (Å²) in [6.07, 6.45) is 0. The van der Waals surface area contributed by atoms with Crippen molar-refractivity contribution in [1.82, 2.24) is 4.57 Å². The van der Waals surface area contributed by atoms with E-state index >= 15 is 0 Å². The van der Waals surface area contributed by atoms with Crippen LogP contribution in [0, 0.1) is 0 Å². The molecule has 0 unspecified atom stereocenters. The molecule has 0 saturated heterocycles. The number of fused-ring (bicyclic) bond motifs is 2. The number of esters is 1. The van der Waals surface area contributed by atoms with Gasteiger partial charge in [0.15, 0.2) is 4.80 Å². The second kappa shape index (κ2) is 9.50. The van der Waals surface area contributed by atoms with Crippen LogP contribution in [0.15, 0.2) is 69.6 Å². The summed E-state index contributed by atoms with van der Waals surface area (Å²) >= 11 is 7.68. The lowest BCUT2D eigenvalue weighted by Gasteiger charge is -2.25. The Hall–Kier alpha value is -3.53.